The summed E-state index contributed by atoms with van der Waals surface area (Å²) < 4.78 is 16.8. The summed E-state index contributed by atoms with van der Waals surface area (Å²) >= 11 is 0. The summed E-state index contributed by atoms with van der Waals surface area (Å²) in [5.41, 5.74) is -0.215. The van der Waals surface area contributed by atoms with E-state index in [9.17, 15) is 24.6 Å². The summed E-state index contributed by atoms with van der Waals surface area (Å²) in [6.07, 6.45) is 4.26. The van der Waals surface area contributed by atoms with E-state index in [0.717, 1.165) is 25.3 Å². The van der Waals surface area contributed by atoms with Crippen LogP contribution in [0.4, 0.5) is 0 Å². The monoisotopic (exact) mass is 455 g/mol. The highest BCUT2D eigenvalue weighted by molar-refractivity contribution is 6.09. The zero-order valence-corrected chi connectivity index (χ0v) is 19.0. The van der Waals surface area contributed by atoms with Crippen LogP contribution in [0.3, 0.4) is 0 Å². The molecule has 0 saturated heterocycles. The number of carboxylic acid groups (broad SMARTS) is 1. The van der Waals surface area contributed by atoms with Crippen molar-refractivity contribution in [1.29, 1.82) is 0 Å². The lowest BCUT2D eigenvalue weighted by atomic mass is 9.98. The molecule has 33 heavy (non-hydrogen) atoms. The van der Waals surface area contributed by atoms with Gasteiger partial charge in [0.15, 0.2) is 17.3 Å². The minimum Gasteiger partial charge on any atom is -0.872 e. The van der Waals surface area contributed by atoms with Gasteiger partial charge in [-0.15, -0.1) is 0 Å². The third kappa shape index (κ3) is 4.94. The molecular formula is C25H27O8-. The lowest BCUT2D eigenvalue weighted by molar-refractivity contribution is -0.269. The molecule has 176 valence electrons. The maximum atomic E-state index is 13.1. The Bertz CT molecular complexity index is 1090. The van der Waals surface area contributed by atoms with Gasteiger partial charge in [0.1, 0.15) is 17.1 Å². The summed E-state index contributed by atoms with van der Waals surface area (Å²) in [5.74, 6) is -3.12. The second kappa shape index (κ2) is 10.4. The molecular weight excluding hydrogens is 428 g/mol. The fourth-order valence-electron chi connectivity index (χ4n) is 3.83. The molecule has 0 bridgehead atoms. The number of methoxy groups -OCH3 is 1. The van der Waals surface area contributed by atoms with Gasteiger partial charge in [-0.1, -0.05) is 38.9 Å². The molecule has 2 aromatic carbocycles. The van der Waals surface area contributed by atoms with Gasteiger partial charge in [0.05, 0.1) is 12.7 Å². The van der Waals surface area contributed by atoms with Crippen molar-refractivity contribution in [2.45, 2.75) is 58.8 Å². The van der Waals surface area contributed by atoms with Crippen LogP contribution in [0.2, 0.25) is 0 Å². The van der Waals surface area contributed by atoms with Crippen LogP contribution in [0.15, 0.2) is 18.2 Å². The number of aromatic carboxylic acids is 1. The Hall–Kier alpha value is -3.55. The molecule has 0 fully saturated rings. The molecule has 0 unspecified atom stereocenters. The minimum atomic E-state index is -1.38. The SMILES string of the molecule is CCCCCc1c2c(cc([O-])c1C(=O)O)OC(=O)c1c(cc(OC)cc1C(=O)CCCC)O2. The van der Waals surface area contributed by atoms with Crippen LogP contribution in [-0.4, -0.2) is 29.9 Å². The number of esters is 1. The first-order valence-electron chi connectivity index (χ1n) is 11.1. The average Bonchev–Trinajstić information content (AvgIpc) is 2.92. The van der Waals surface area contributed by atoms with Crippen LogP contribution in [0.5, 0.6) is 28.7 Å². The van der Waals surface area contributed by atoms with Crippen molar-refractivity contribution in [3.05, 3.63) is 40.5 Å². The fourth-order valence-corrected chi connectivity index (χ4v) is 3.83. The Morgan fingerprint density at radius 2 is 1.76 bits per heavy atom. The molecule has 0 atom stereocenters. The first-order chi connectivity index (χ1) is 15.8. The zero-order chi connectivity index (χ0) is 24.1. The molecule has 1 aliphatic heterocycles. The first-order valence-corrected chi connectivity index (χ1v) is 11.1. The van der Waals surface area contributed by atoms with Gasteiger partial charge in [0.2, 0.25) is 0 Å². The first kappa shape index (κ1) is 24.1. The topological polar surface area (TPSA) is 122 Å². The van der Waals surface area contributed by atoms with Crippen LogP contribution >= 0.6 is 0 Å². The molecule has 1 N–H and O–H groups in total. The van der Waals surface area contributed by atoms with Gasteiger partial charge in [-0.05, 0) is 31.4 Å². The highest BCUT2D eigenvalue weighted by Gasteiger charge is 2.32. The van der Waals surface area contributed by atoms with Crippen LogP contribution in [0.1, 0.15) is 89.0 Å². The van der Waals surface area contributed by atoms with Crippen molar-refractivity contribution in [1.82, 2.24) is 0 Å². The van der Waals surface area contributed by atoms with E-state index >= 15 is 0 Å². The number of carboxylic acids is 1. The highest BCUT2D eigenvalue weighted by Crippen LogP contribution is 2.46. The molecule has 0 amide bonds. The van der Waals surface area contributed by atoms with Crippen molar-refractivity contribution < 1.29 is 38.8 Å². The molecule has 1 heterocycles. The van der Waals surface area contributed by atoms with E-state index in [1.54, 1.807) is 0 Å². The Morgan fingerprint density at radius 1 is 1.03 bits per heavy atom. The lowest BCUT2D eigenvalue weighted by Crippen LogP contribution is -2.14. The van der Waals surface area contributed by atoms with Crippen molar-refractivity contribution in [3.63, 3.8) is 0 Å². The third-order valence-electron chi connectivity index (χ3n) is 5.54. The molecule has 1 aliphatic rings. The number of hydrogen-bond acceptors (Lipinski definition) is 7. The van der Waals surface area contributed by atoms with E-state index in [0.29, 0.717) is 18.6 Å². The summed E-state index contributed by atoms with van der Waals surface area (Å²) in [6, 6.07) is 3.85. The number of rotatable bonds is 10. The van der Waals surface area contributed by atoms with Crippen LogP contribution in [0, 0.1) is 0 Å². The van der Waals surface area contributed by atoms with Gasteiger partial charge in [-0.25, -0.2) is 9.59 Å². The van der Waals surface area contributed by atoms with E-state index in [-0.39, 0.29) is 52.6 Å². The summed E-state index contributed by atoms with van der Waals surface area (Å²) in [5, 5.41) is 22.2. The number of ether oxygens (including phenoxy) is 3. The smallest absolute Gasteiger partial charge is 0.348 e. The number of fused-ring (bicyclic) bond motifs is 2. The number of carbonyl (C=O) groups excluding carboxylic acids is 2. The second-order valence-electron chi connectivity index (χ2n) is 7.88. The molecule has 8 nitrogen and oxygen atoms in total. The second-order valence-corrected chi connectivity index (χ2v) is 7.88. The molecule has 0 radical (unpaired) electrons. The quantitative estimate of drug-likeness (QED) is 0.232. The number of carbonyl (C=O) groups is 3. The minimum absolute atomic E-state index is 0.00425. The molecule has 0 aromatic heterocycles. The Balaban J connectivity index is 2.21. The number of Topliss-reactive ketones (excluding diaryl/α,β-unsaturated/α-hetero) is 1. The van der Waals surface area contributed by atoms with E-state index < -0.39 is 23.3 Å². The van der Waals surface area contributed by atoms with Gasteiger partial charge >= 0.3 is 11.9 Å². The number of ketones is 1. The number of benzene rings is 2. The molecule has 0 aliphatic carbocycles. The van der Waals surface area contributed by atoms with Gasteiger partial charge < -0.3 is 24.4 Å². The third-order valence-corrected chi connectivity index (χ3v) is 5.54. The van der Waals surface area contributed by atoms with Gasteiger partial charge in [-0.3, -0.25) is 4.79 Å². The van der Waals surface area contributed by atoms with Crippen LogP contribution < -0.4 is 19.3 Å². The Kier molecular flexibility index (Phi) is 7.58. The Morgan fingerprint density at radius 3 is 2.39 bits per heavy atom. The van der Waals surface area contributed by atoms with Gasteiger partial charge in [-0.2, -0.15) is 0 Å². The van der Waals surface area contributed by atoms with E-state index in [1.165, 1.54) is 19.2 Å². The summed E-state index contributed by atoms with van der Waals surface area (Å²) in [6.45, 7) is 3.95. The van der Waals surface area contributed by atoms with Crippen LogP contribution in [0.25, 0.3) is 0 Å². The van der Waals surface area contributed by atoms with Crippen molar-refractivity contribution in [3.8, 4) is 28.7 Å². The molecule has 0 spiro atoms. The normalized spacial score (nSPS) is 12.2. The summed E-state index contributed by atoms with van der Waals surface area (Å²) in [7, 11) is 1.42. The number of unbranched alkanes of at least 4 members (excludes halogenated alkanes) is 3. The molecule has 3 rings (SSSR count). The average molecular weight is 455 g/mol. The highest BCUT2D eigenvalue weighted by atomic mass is 16.6. The number of hydrogen-bond donors (Lipinski definition) is 1. The largest absolute Gasteiger partial charge is 0.872 e. The molecule has 2 aromatic rings. The van der Waals surface area contributed by atoms with E-state index in [4.69, 9.17) is 14.2 Å². The maximum Gasteiger partial charge on any atom is 0.348 e. The van der Waals surface area contributed by atoms with Crippen molar-refractivity contribution >= 4 is 17.7 Å². The van der Waals surface area contributed by atoms with Gasteiger partial charge in [0.25, 0.3) is 0 Å². The van der Waals surface area contributed by atoms with Crippen LogP contribution in [-0.2, 0) is 6.42 Å². The Labute approximate surface area is 192 Å². The maximum absolute atomic E-state index is 13.1. The molecule has 8 heteroatoms. The van der Waals surface area contributed by atoms with E-state index in [1.807, 2.05) is 13.8 Å². The predicted molar refractivity (Wildman–Crippen MR) is 118 cm³/mol. The standard InChI is InChI=1S/C25H28O8/c1-4-6-8-9-15-21(24(28)29)18(27)13-20-23(15)32-19-12-14(31-3)11-16(17(26)10-7-5-2)22(19)25(30)33-20/h11-13,27H,4-10H2,1-3H3,(H,28,29)/p-1. The van der Waals surface area contributed by atoms with E-state index in [2.05, 4.69) is 0 Å². The summed E-state index contributed by atoms with van der Waals surface area (Å²) in [4.78, 5) is 37.8. The van der Waals surface area contributed by atoms with Crippen molar-refractivity contribution in [2.24, 2.45) is 0 Å². The fraction of sp³-hybridized carbons (Fsp3) is 0.400. The zero-order valence-electron chi connectivity index (χ0n) is 19.0. The predicted octanol–water partition coefficient (Wildman–Crippen LogP) is 4.90. The lowest BCUT2D eigenvalue weighted by Gasteiger charge is -2.20. The molecule has 0 saturated carbocycles. The van der Waals surface area contributed by atoms with Crippen molar-refractivity contribution in [2.75, 3.05) is 7.11 Å². The van der Waals surface area contributed by atoms with Gasteiger partial charge in [0, 0.05) is 23.6 Å².